The smallest absolute Gasteiger partial charge is 0.269 e. The Kier molecular flexibility index (Phi) is 5.77. The van der Waals surface area contributed by atoms with Gasteiger partial charge in [0.05, 0.1) is 10.5 Å². The number of nitrogens with two attached hydrogens (primary N) is 1. The fourth-order valence-electron chi connectivity index (χ4n) is 3.00. The molecule has 1 unspecified atom stereocenters. The molecular weight excluding hydrogens is 310 g/mol. The summed E-state index contributed by atoms with van der Waals surface area (Å²) in [6, 6.07) is 6.07. The Balaban J connectivity index is 1.86. The van der Waals surface area contributed by atoms with E-state index in [9.17, 15) is 14.9 Å². The van der Waals surface area contributed by atoms with Crippen LogP contribution in [-0.4, -0.2) is 40.5 Å². The van der Waals surface area contributed by atoms with Crippen LogP contribution in [0.3, 0.4) is 0 Å². The highest BCUT2D eigenvalue weighted by Gasteiger charge is 2.34. The van der Waals surface area contributed by atoms with E-state index in [1.165, 1.54) is 12.1 Å². The summed E-state index contributed by atoms with van der Waals surface area (Å²) in [4.78, 5) is 24.5. The molecule has 0 radical (unpaired) electrons. The van der Waals surface area contributed by atoms with Crippen molar-refractivity contribution in [3.05, 3.63) is 34.4 Å². The van der Waals surface area contributed by atoms with Gasteiger partial charge < -0.3 is 15.4 Å². The van der Waals surface area contributed by atoms with Gasteiger partial charge in [0.2, 0.25) is 5.91 Å². The number of likely N-dealkylation sites (tertiary alicyclic amines) is 1. The number of nitro benzene ring substituents is 1. The lowest BCUT2D eigenvalue weighted by atomic mass is 9.94. The van der Waals surface area contributed by atoms with Crippen molar-refractivity contribution >= 4 is 11.6 Å². The maximum Gasteiger partial charge on any atom is 0.269 e. The van der Waals surface area contributed by atoms with Gasteiger partial charge in [-0.1, -0.05) is 13.3 Å². The first-order chi connectivity index (χ1) is 11.3. The third-order valence-electron chi connectivity index (χ3n) is 4.34. The molecule has 1 aromatic rings. The van der Waals surface area contributed by atoms with E-state index in [1.54, 1.807) is 19.1 Å². The van der Waals surface area contributed by atoms with Crippen molar-refractivity contribution in [1.82, 2.24) is 4.90 Å². The van der Waals surface area contributed by atoms with Crippen molar-refractivity contribution in [2.75, 3.05) is 13.1 Å². The van der Waals surface area contributed by atoms with Gasteiger partial charge in [-0.25, -0.2) is 0 Å². The molecule has 0 aromatic heterocycles. The number of non-ortho nitro benzene ring substituents is 1. The van der Waals surface area contributed by atoms with Crippen molar-refractivity contribution in [2.45, 2.75) is 51.2 Å². The molecule has 1 aromatic carbocycles. The molecule has 1 aliphatic heterocycles. The summed E-state index contributed by atoms with van der Waals surface area (Å²) in [5.74, 6) is 0.609. The predicted molar refractivity (Wildman–Crippen MR) is 90.8 cm³/mol. The normalized spacial score (nSPS) is 18.0. The number of nitrogens with zero attached hydrogens (tertiary/aromatic N) is 2. The summed E-state index contributed by atoms with van der Waals surface area (Å²) < 4.78 is 5.86. The van der Waals surface area contributed by atoms with E-state index in [2.05, 4.69) is 0 Å². The second-order valence-electron chi connectivity index (χ2n) is 6.53. The lowest BCUT2D eigenvalue weighted by Gasteiger charge is -2.36. The molecule has 24 heavy (non-hydrogen) atoms. The van der Waals surface area contributed by atoms with Crippen molar-refractivity contribution in [3.63, 3.8) is 0 Å². The van der Waals surface area contributed by atoms with E-state index in [1.807, 2.05) is 11.8 Å². The van der Waals surface area contributed by atoms with Gasteiger partial charge in [-0.2, -0.15) is 0 Å². The van der Waals surface area contributed by atoms with Crippen LogP contribution in [-0.2, 0) is 4.79 Å². The Morgan fingerprint density at radius 2 is 1.96 bits per heavy atom. The molecule has 0 bridgehead atoms. The quantitative estimate of drug-likeness (QED) is 0.636. The predicted octanol–water partition coefficient (Wildman–Crippen LogP) is 2.48. The SMILES string of the molecule is CCCC(C)(N)C(=O)N1CCC(Oc2ccc([N+](=O)[O-])cc2)CC1. The van der Waals surface area contributed by atoms with E-state index in [0.29, 0.717) is 25.3 Å². The van der Waals surface area contributed by atoms with E-state index < -0.39 is 10.5 Å². The molecule has 7 heteroatoms. The number of hydrogen-bond acceptors (Lipinski definition) is 5. The van der Waals surface area contributed by atoms with E-state index >= 15 is 0 Å². The zero-order chi connectivity index (χ0) is 17.7. The van der Waals surface area contributed by atoms with E-state index in [-0.39, 0.29) is 17.7 Å². The molecule has 132 valence electrons. The Morgan fingerprint density at radius 3 is 2.46 bits per heavy atom. The average Bonchev–Trinajstić information content (AvgIpc) is 2.55. The van der Waals surface area contributed by atoms with Crippen LogP contribution in [0.1, 0.15) is 39.5 Å². The molecule has 1 fully saturated rings. The molecular formula is C17H25N3O4. The Morgan fingerprint density at radius 1 is 1.38 bits per heavy atom. The Hall–Kier alpha value is -2.15. The minimum atomic E-state index is -0.805. The maximum absolute atomic E-state index is 12.5. The van der Waals surface area contributed by atoms with E-state index in [0.717, 1.165) is 19.3 Å². The van der Waals surface area contributed by atoms with Gasteiger partial charge in [-0.3, -0.25) is 14.9 Å². The first-order valence-electron chi connectivity index (χ1n) is 8.33. The summed E-state index contributed by atoms with van der Waals surface area (Å²) in [6.45, 7) is 5.04. The average molecular weight is 335 g/mol. The molecule has 1 amide bonds. The van der Waals surface area contributed by atoms with Gasteiger partial charge in [0.1, 0.15) is 11.9 Å². The molecule has 0 spiro atoms. The fraction of sp³-hybridized carbons (Fsp3) is 0.588. The second kappa shape index (κ2) is 7.61. The molecule has 1 atom stereocenters. The summed E-state index contributed by atoms with van der Waals surface area (Å²) in [5, 5.41) is 10.6. The number of piperidine rings is 1. The van der Waals surface area contributed by atoms with Crippen LogP contribution in [0.4, 0.5) is 5.69 Å². The minimum absolute atomic E-state index is 0.00173. The molecule has 7 nitrogen and oxygen atoms in total. The summed E-state index contributed by atoms with van der Waals surface area (Å²) in [5.41, 5.74) is 5.36. The standard InChI is InChI=1S/C17H25N3O4/c1-3-10-17(2,18)16(21)19-11-8-15(9-12-19)24-14-6-4-13(5-7-14)20(22)23/h4-7,15H,3,8-12,18H2,1-2H3. The molecule has 1 heterocycles. The number of amides is 1. The summed E-state index contributed by atoms with van der Waals surface area (Å²) in [7, 11) is 0. The molecule has 0 saturated carbocycles. The van der Waals surface area contributed by atoms with Crippen molar-refractivity contribution in [3.8, 4) is 5.75 Å². The van der Waals surface area contributed by atoms with Crippen molar-refractivity contribution in [2.24, 2.45) is 5.73 Å². The zero-order valence-electron chi connectivity index (χ0n) is 14.2. The van der Waals surface area contributed by atoms with Crippen LogP contribution >= 0.6 is 0 Å². The highest BCUT2D eigenvalue weighted by atomic mass is 16.6. The number of carbonyl (C=O) groups is 1. The second-order valence-corrected chi connectivity index (χ2v) is 6.53. The zero-order valence-corrected chi connectivity index (χ0v) is 14.2. The molecule has 2 rings (SSSR count). The van der Waals surface area contributed by atoms with Gasteiger partial charge in [-0.15, -0.1) is 0 Å². The summed E-state index contributed by atoms with van der Waals surface area (Å²) in [6.07, 6.45) is 3.00. The highest BCUT2D eigenvalue weighted by Crippen LogP contribution is 2.23. The number of hydrogen-bond donors (Lipinski definition) is 1. The molecule has 1 saturated heterocycles. The largest absolute Gasteiger partial charge is 0.490 e. The number of nitro groups is 1. The number of carbonyl (C=O) groups excluding carboxylic acids is 1. The van der Waals surface area contributed by atoms with Crippen LogP contribution in [0.5, 0.6) is 5.75 Å². The van der Waals surface area contributed by atoms with Crippen LogP contribution in [0.15, 0.2) is 24.3 Å². The Bertz CT molecular complexity index is 578. The van der Waals surface area contributed by atoms with Gasteiger partial charge in [0.25, 0.3) is 5.69 Å². The lowest BCUT2D eigenvalue weighted by Crippen LogP contribution is -2.55. The van der Waals surface area contributed by atoms with Gasteiger partial charge >= 0.3 is 0 Å². The summed E-state index contributed by atoms with van der Waals surface area (Å²) >= 11 is 0. The lowest BCUT2D eigenvalue weighted by molar-refractivity contribution is -0.384. The first kappa shape index (κ1) is 18.2. The number of benzene rings is 1. The van der Waals surface area contributed by atoms with Crippen LogP contribution in [0, 0.1) is 10.1 Å². The molecule has 2 N–H and O–H groups in total. The first-order valence-corrected chi connectivity index (χ1v) is 8.33. The third kappa shape index (κ3) is 4.44. The van der Waals surface area contributed by atoms with Crippen molar-refractivity contribution in [1.29, 1.82) is 0 Å². The molecule has 1 aliphatic rings. The number of rotatable bonds is 6. The van der Waals surface area contributed by atoms with Crippen LogP contribution in [0.25, 0.3) is 0 Å². The van der Waals surface area contributed by atoms with Gasteiger partial charge in [-0.05, 0) is 25.5 Å². The fourth-order valence-corrected chi connectivity index (χ4v) is 3.00. The molecule has 0 aliphatic carbocycles. The van der Waals surface area contributed by atoms with Crippen LogP contribution < -0.4 is 10.5 Å². The third-order valence-corrected chi connectivity index (χ3v) is 4.34. The van der Waals surface area contributed by atoms with Crippen molar-refractivity contribution < 1.29 is 14.5 Å². The minimum Gasteiger partial charge on any atom is -0.490 e. The van der Waals surface area contributed by atoms with Gasteiger partial charge in [0, 0.05) is 38.1 Å². The van der Waals surface area contributed by atoms with Crippen LogP contribution in [0.2, 0.25) is 0 Å². The number of ether oxygens (including phenoxy) is 1. The van der Waals surface area contributed by atoms with Gasteiger partial charge in [0.15, 0.2) is 0 Å². The van der Waals surface area contributed by atoms with E-state index in [4.69, 9.17) is 10.5 Å². The maximum atomic E-state index is 12.5. The highest BCUT2D eigenvalue weighted by molar-refractivity contribution is 5.85. The topological polar surface area (TPSA) is 98.7 Å². The Labute approximate surface area is 141 Å². The monoisotopic (exact) mass is 335 g/mol.